The van der Waals surface area contributed by atoms with Gasteiger partial charge in [0.15, 0.2) is 6.10 Å². The van der Waals surface area contributed by atoms with E-state index in [0.717, 1.165) is 16.5 Å². The number of carbonyl (C=O) groups excluding carboxylic acids is 2. The highest BCUT2D eigenvalue weighted by Crippen LogP contribution is 2.16. The molecule has 0 fully saturated rings. The Morgan fingerprint density at radius 1 is 1.19 bits per heavy atom. The van der Waals surface area contributed by atoms with Gasteiger partial charge in [-0.3, -0.25) is 23.9 Å². The van der Waals surface area contributed by atoms with Gasteiger partial charge in [-0.25, -0.2) is 0 Å². The number of aliphatic hydroxyl groups is 1. The number of aromatic nitrogens is 5. The normalized spacial score (nSPS) is 13.1. The number of benzene rings is 1. The molecule has 0 aliphatic rings. The molecule has 3 heterocycles. The van der Waals surface area contributed by atoms with Crippen molar-refractivity contribution in [1.82, 2.24) is 29.9 Å². The summed E-state index contributed by atoms with van der Waals surface area (Å²) >= 11 is 0. The van der Waals surface area contributed by atoms with Crippen molar-refractivity contribution in [2.45, 2.75) is 25.1 Å². The number of nitrogens with zero attached hydrogens (tertiary/aromatic N) is 5. The minimum absolute atomic E-state index is 0.239. The Morgan fingerprint density at radius 3 is 2.72 bits per heavy atom. The molecule has 0 spiro atoms. The molecule has 2 unspecified atom stereocenters. The van der Waals surface area contributed by atoms with Crippen LogP contribution in [0.5, 0.6) is 0 Å². The smallest absolute Gasteiger partial charge is 0.255 e. The van der Waals surface area contributed by atoms with Gasteiger partial charge in [-0.1, -0.05) is 30.3 Å². The zero-order valence-electron chi connectivity index (χ0n) is 17.4. The van der Waals surface area contributed by atoms with Crippen molar-refractivity contribution in [3.63, 3.8) is 0 Å². The van der Waals surface area contributed by atoms with Gasteiger partial charge in [0.1, 0.15) is 0 Å². The third-order valence-corrected chi connectivity index (χ3v) is 5.18. The van der Waals surface area contributed by atoms with Crippen LogP contribution in [0, 0.1) is 0 Å². The van der Waals surface area contributed by atoms with Crippen LogP contribution in [0.4, 0.5) is 0 Å². The SMILES string of the molecule is Cn1cc(C(=O)NC(Cc2ccccc2)C(O)C(N)=O)c(Cn2ncc3cnccc32)n1. The van der Waals surface area contributed by atoms with E-state index in [-0.39, 0.29) is 13.0 Å². The topological polar surface area (TPSA) is 141 Å². The Hall–Kier alpha value is -4.05. The number of rotatable bonds is 8. The molecule has 2 amide bonds. The first kappa shape index (κ1) is 21.2. The summed E-state index contributed by atoms with van der Waals surface area (Å²) in [7, 11) is 1.71. The van der Waals surface area contributed by atoms with Gasteiger partial charge in [-0.2, -0.15) is 10.2 Å². The number of aliphatic hydroxyl groups excluding tert-OH is 1. The molecule has 0 radical (unpaired) electrons. The van der Waals surface area contributed by atoms with Gasteiger partial charge in [0.25, 0.3) is 5.91 Å². The summed E-state index contributed by atoms with van der Waals surface area (Å²) in [5, 5.41) is 22.7. The van der Waals surface area contributed by atoms with E-state index in [4.69, 9.17) is 5.73 Å². The fourth-order valence-electron chi connectivity index (χ4n) is 3.59. The second kappa shape index (κ2) is 8.98. The Morgan fingerprint density at radius 2 is 1.97 bits per heavy atom. The lowest BCUT2D eigenvalue weighted by atomic mass is 10.0. The van der Waals surface area contributed by atoms with Crippen molar-refractivity contribution in [2.24, 2.45) is 12.8 Å². The molecule has 0 aliphatic carbocycles. The molecule has 4 rings (SSSR count). The highest BCUT2D eigenvalue weighted by Gasteiger charge is 2.28. The van der Waals surface area contributed by atoms with Crippen LogP contribution in [0.25, 0.3) is 10.9 Å². The van der Waals surface area contributed by atoms with Crippen molar-refractivity contribution in [3.8, 4) is 0 Å². The predicted molar refractivity (Wildman–Crippen MR) is 116 cm³/mol. The third kappa shape index (κ3) is 4.49. The van der Waals surface area contributed by atoms with Crippen molar-refractivity contribution in [3.05, 3.63) is 78.0 Å². The fourth-order valence-corrected chi connectivity index (χ4v) is 3.59. The molecule has 0 saturated carbocycles. The maximum absolute atomic E-state index is 13.1. The number of aryl methyl sites for hydroxylation is 1. The minimum atomic E-state index is -1.54. The predicted octanol–water partition coefficient (Wildman–Crippen LogP) is 0.400. The van der Waals surface area contributed by atoms with E-state index in [1.54, 1.807) is 36.5 Å². The fraction of sp³-hybridized carbons (Fsp3) is 0.227. The number of amides is 2. The summed E-state index contributed by atoms with van der Waals surface area (Å²) < 4.78 is 3.27. The van der Waals surface area contributed by atoms with Gasteiger partial charge in [-0.05, 0) is 18.1 Å². The van der Waals surface area contributed by atoms with Gasteiger partial charge in [0.05, 0.1) is 35.6 Å². The van der Waals surface area contributed by atoms with Gasteiger partial charge >= 0.3 is 0 Å². The Labute approximate surface area is 183 Å². The number of fused-ring (bicyclic) bond motifs is 1. The van der Waals surface area contributed by atoms with E-state index in [9.17, 15) is 14.7 Å². The molecule has 3 aromatic heterocycles. The van der Waals surface area contributed by atoms with Crippen LogP contribution in [0.2, 0.25) is 0 Å². The largest absolute Gasteiger partial charge is 0.381 e. The highest BCUT2D eigenvalue weighted by molar-refractivity contribution is 5.96. The zero-order chi connectivity index (χ0) is 22.7. The van der Waals surface area contributed by atoms with Gasteiger partial charge < -0.3 is 16.2 Å². The van der Waals surface area contributed by atoms with E-state index >= 15 is 0 Å². The Kier molecular flexibility index (Phi) is 5.95. The number of pyridine rings is 1. The van der Waals surface area contributed by atoms with E-state index in [1.807, 2.05) is 36.4 Å². The lowest BCUT2D eigenvalue weighted by Crippen LogP contribution is -2.50. The average Bonchev–Trinajstić information content (AvgIpc) is 3.37. The molecule has 0 saturated heterocycles. The van der Waals surface area contributed by atoms with E-state index in [2.05, 4.69) is 20.5 Å². The van der Waals surface area contributed by atoms with Crippen molar-refractivity contribution in [1.29, 1.82) is 0 Å². The quantitative estimate of drug-likeness (QED) is 0.367. The lowest BCUT2D eigenvalue weighted by Gasteiger charge is -2.22. The average molecular weight is 433 g/mol. The zero-order valence-corrected chi connectivity index (χ0v) is 17.4. The molecule has 10 nitrogen and oxygen atoms in total. The van der Waals surface area contributed by atoms with Crippen molar-refractivity contribution < 1.29 is 14.7 Å². The Bertz CT molecular complexity index is 1250. The van der Waals surface area contributed by atoms with E-state index < -0.39 is 24.0 Å². The summed E-state index contributed by atoms with van der Waals surface area (Å²) in [5.74, 6) is -1.37. The summed E-state index contributed by atoms with van der Waals surface area (Å²) in [6.45, 7) is 0.263. The first-order chi connectivity index (χ1) is 15.4. The number of nitrogens with two attached hydrogens (primary N) is 1. The van der Waals surface area contributed by atoms with Crippen LogP contribution < -0.4 is 11.1 Å². The minimum Gasteiger partial charge on any atom is -0.381 e. The number of carbonyl (C=O) groups is 2. The molecule has 4 N–H and O–H groups in total. The van der Waals surface area contributed by atoms with Gasteiger partial charge in [0.2, 0.25) is 5.91 Å². The summed E-state index contributed by atoms with van der Waals surface area (Å²) in [4.78, 5) is 28.9. The molecule has 164 valence electrons. The van der Waals surface area contributed by atoms with Crippen LogP contribution >= 0.6 is 0 Å². The molecular formula is C22H23N7O3. The van der Waals surface area contributed by atoms with E-state index in [1.165, 1.54) is 4.68 Å². The molecule has 4 aromatic rings. The third-order valence-electron chi connectivity index (χ3n) is 5.18. The summed E-state index contributed by atoms with van der Waals surface area (Å²) in [5.41, 5.74) is 7.84. The molecule has 0 aliphatic heterocycles. The second-order valence-electron chi connectivity index (χ2n) is 7.52. The van der Waals surface area contributed by atoms with Gasteiger partial charge in [0, 0.05) is 31.0 Å². The lowest BCUT2D eigenvalue weighted by molar-refractivity contribution is -0.127. The molecule has 2 atom stereocenters. The molecule has 10 heteroatoms. The van der Waals surface area contributed by atoms with Crippen LogP contribution in [-0.4, -0.2) is 53.6 Å². The molecule has 32 heavy (non-hydrogen) atoms. The monoisotopic (exact) mass is 433 g/mol. The second-order valence-corrected chi connectivity index (χ2v) is 7.52. The molecule has 1 aromatic carbocycles. The van der Waals surface area contributed by atoms with Crippen LogP contribution in [-0.2, 0) is 24.8 Å². The number of nitrogens with one attached hydrogen (secondary N) is 1. The number of hydrogen-bond donors (Lipinski definition) is 3. The maximum atomic E-state index is 13.1. The summed E-state index contributed by atoms with van der Waals surface area (Å²) in [6, 6.07) is 10.2. The van der Waals surface area contributed by atoms with E-state index in [0.29, 0.717) is 11.3 Å². The van der Waals surface area contributed by atoms with Crippen LogP contribution in [0.15, 0.2) is 61.2 Å². The Balaban J connectivity index is 1.58. The number of primary amides is 1. The first-order valence-corrected chi connectivity index (χ1v) is 10.0. The van der Waals surface area contributed by atoms with Crippen LogP contribution in [0.1, 0.15) is 21.6 Å². The molecular weight excluding hydrogens is 410 g/mol. The maximum Gasteiger partial charge on any atom is 0.255 e. The standard InChI is InChI=1S/C22H23N7O3/c1-28-12-16(18(27-28)13-29-19-7-8-24-10-15(19)11-25-29)22(32)26-17(20(30)21(23)31)9-14-5-3-2-4-6-14/h2-8,10-12,17,20,30H,9,13H2,1H3,(H2,23,31)(H,26,32). The number of hydrogen-bond acceptors (Lipinski definition) is 6. The summed E-state index contributed by atoms with van der Waals surface area (Å²) in [6.07, 6.45) is 5.37. The van der Waals surface area contributed by atoms with Crippen molar-refractivity contribution in [2.75, 3.05) is 0 Å². The van der Waals surface area contributed by atoms with Crippen LogP contribution in [0.3, 0.4) is 0 Å². The van der Waals surface area contributed by atoms with Crippen molar-refractivity contribution >= 4 is 22.7 Å². The molecule has 0 bridgehead atoms. The first-order valence-electron chi connectivity index (χ1n) is 10.0. The highest BCUT2D eigenvalue weighted by atomic mass is 16.3. The van der Waals surface area contributed by atoms with Gasteiger partial charge in [-0.15, -0.1) is 0 Å².